The Balaban J connectivity index is 1.48. The van der Waals surface area contributed by atoms with Gasteiger partial charge in [0.2, 0.25) is 15.9 Å². The van der Waals surface area contributed by atoms with Crippen LogP contribution in [0.5, 0.6) is 5.75 Å². The number of carbonyl (C=O) groups is 2. The third-order valence-corrected chi connectivity index (χ3v) is 8.18. The van der Waals surface area contributed by atoms with Gasteiger partial charge in [0.05, 0.1) is 23.7 Å². The Morgan fingerprint density at radius 3 is 2.38 bits per heavy atom. The van der Waals surface area contributed by atoms with Crippen molar-refractivity contribution >= 4 is 27.5 Å². The van der Waals surface area contributed by atoms with Crippen molar-refractivity contribution in [2.24, 2.45) is 0 Å². The summed E-state index contributed by atoms with van der Waals surface area (Å²) >= 11 is 0. The third-order valence-electron chi connectivity index (χ3n) is 6.25. The van der Waals surface area contributed by atoms with E-state index in [4.69, 9.17) is 4.74 Å². The number of para-hydroxylation sites is 2. The van der Waals surface area contributed by atoms with E-state index in [2.05, 4.69) is 5.32 Å². The minimum atomic E-state index is -3.87. The largest absolute Gasteiger partial charge is 0.477 e. The fourth-order valence-corrected chi connectivity index (χ4v) is 5.56. The molecule has 0 saturated heterocycles. The molecule has 0 bridgehead atoms. The zero-order valence-electron chi connectivity index (χ0n) is 21.0. The fraction of sp³-hybridized carbons (Fsp3) is 0.286. The van der Waals surface area contributed by atoms with Gasteiger partial charge in [0.1, 0.15) is 5.75 Å². The lowest BCUT2D eigenvalue weighted by Crippen LogP contribution is -2.53. The Bertz CT molecular complexity index is 1340. The van der Waals surface area contributed by atoms with Gasteiger partial charge in [-0.3, -0.25) is 9.59 Å². The average Bonchev–Trinajstić information content (AvgIpc) is 2.91. The van der Waals surface area contributed by atoms with Gasteiger partial charge in [0.25, 0.3) is 5.91 Å². The summed E-state index contributed by atoms with van der Waals surface area (Å²) in [6.45, 7) is 3.74. The van der Waals surface area contributed by atoms with Crippen LogP contribution in [0, 0.1) is 6.92 Å². The topological polar surface area (TPSA) is 96.0 Å². The number of carbonyl (C=O) groups excluding carboxylic acids is 2. The Labute approximate surface area is 217 Å². The molecule has 1 atom stereocenters. The lowest BCUT2D eigenvalue weighted by molar-refractivity contribution is -0.128. The second kappa shape index (κ2) is 11.6. The molecule has 0 aromatic heterocycles. The Kier molecular flexibility index (Phi) is 8.25. The summed E-state index contributed by atoms with van der Waals surface area (Å²) in [6, 6.07) is 23.3. The van der Waals surface area contributed by atoms with E-state index in [0.29, 0.717) is 24.4 Å². The van der Waals surface area contributed by atoms with Crippen LogP contribution in [0.3, 0.4) is 0 Å². The first-order chi connectivity index (χ1) is 17.8. The number of benzene rings is 3. The molecule has 0 spiro atoms. The van der Waals surface area contributed by atoms with Gasteiger partial charge in [-0.15, -0.1) is 0 Å². The van der Waals surface area contributed by atoms with Crippen LogP contribution in [-0.4, -0.2) is 56.8 Å². The van der Waals surface area contributed by atoms with E-state index >= 15 is 0 Å². The second-order valence-electron chi connectivity index (χ2n) is 8.85. The number of likely N-dealkylation sites (N-methyl/N-ethyl adjacent to an activating group) is 1. The second-order valence-corrected chi connectivity index (χ2v) is 10.8. The highest BCUT2D eigenvalue weighted by Crippen LogP contribution is 2.33. The van der Waals surface area contributed by atoms with Crippen LogP contribution < -0.4 is 15.0 Å². The van der Waals surface area contributed by atoms with Crippen molar-refractivity contribution in [3.05, 3.63) is 90.0 Å². The minimum absolute atomic E-state index is 0.0187. The summed E-state index contributed by atoms with van der Waals surface area (Å²) in [6.07, 6.45) is -0.251. The van der Waals surface area contributed by atoms with Crippen molar-refractivity contribution in [2.75, 3.05) is 31.1 Å². The van der Waals surface area contributed by atoms with Crippen molar-refractivity contribution in [2.45, 2.75) is 31.3 Å². The summed E-state index contributed by atoms with van der Waals surface area (Å²) in [4.78, 5) is 28.0. The first kappa shape index (κ1) is 26.4. The molecule has 1 N–H and O–H groups in total. The molecule has 9 heteroatoms. The number of rotatable bonds is 9. The molecule has 1 aliphatic rings. The lowest BCUT2D eigenvalue weighted by atomic mass is 10.1. The van der Waals surface area contributed by atoms with Gasteiger partial charge in [-0.2, -0.15) is 4.31 Å². The SMILES string of the molecule is CCN(CC(=O)N1C[C@H](C(=O)NCCc2ccccc2)Oc2ccccc21)S(=O)(=O)c1ccc(C)cc1. The van der Waals surface area contributed by atoms with Gasteiger partial charge in [-0.05, 0) is 43.2 Å². The molecule has 0 aliphatic carbocycles. The summed E-state index contributed by atoms with van der Waals surface area (Å²) in [5.41, 5.74) is 2.55. The standard InChI is InChI=1S/C28H31N3O5S/c1-3-30(37(34,35)23-15-13-21(2)14-16-23)20-27(32)31-19-26(36-25-12-8-7-11-24(25)31)28(33)29-18-17-22-9-5-4-6-10-22/h4-16,26H,3,17-20H2,1-2H3,(H,29,33)/t26-/m1/s1. The predicted octanol–water partition coefficient (Wildman–Crippen LogP) is 3.16. The van der Waals surface area contributed by atoms with Crippen LogP contribution in [0.4, 0.5) is 5.69 Å². The van der Waals surface area contributed by atoms with E-state index < -0.39 is 22.0 Å². The predicted molar refractivity (Wildman–Crippen MR) is 142 cm³/mol. The summed E-state index contributed by atoms with van der Waals surface area (Å²) < 4.78 is 33.5. The number of hydrogen-bond acceptors (Lipinski definition) is 5. The normalized spacial score (nSPS) is 15.1. The molecule has 2 amide bonds. The molecule has 0 saturated carbocycles. The molecular formula is C28H31N3O5S. The van der Waals surface area contributed by atoms with Crippen LogP contribution in [0.1, 0.15) is 18.1 Å². The van der Waals surface area contributed by atoms with Gasteiger partial charge >= 0.3 is 0 Å². The first-order valence-corrected chi connectivity index (χ1v) is 13.7. The Morgan fingerprint density at radius 1 is 1.00 bits per heavy atom. The van der Waals surface area contributed by atoms with Crippen LogP contribution >= 0.6 is 0 Å². The highest BCUT2D eigenvalue weighted by Gasteiger charge is 2.35. The lowest BCUT2D eigenvalue weighted by Gasteiger charge is -2.35. The van der Waals surface area contributed by atoms with E-state index in [0.717, 1.165) is 15.4 Å². The van der Waals surface area contributed by atoms with E-state index in [1.165, 1.54) is 17.0 Å². The number of nitrogens with one attached hydrogen (secondary N) is 1. The number of sulfonamides is 1. The van der Waals surface area contributed by atoms with Crippen LogP contribution in [0.15, 0.2) is 83.8 Å². The average molecular weight is 522 g/mol. The zero-order chi connectivity index (χ0) is 26.4. The van der Waals surface area contributed by atoms with Crippen molar-refractivity contribution < 1.29 is 22.7 Å². The summed E-state index contributed by atoms with van der Waals surface area (Å²) in [5, 5.41) is 2.89. The number of anilines is 1. The molecule has 3 aromatic rings. The van der Waals surface area contributed by atoms with Crippen molar-refractivity contribution in [3.8, 4) is 5.75 Å². The maximum absolute atomic E-state index is 13.5. The number of aryl methyl sites for hydroxylation is 1. The molecule has 3 aromatic carbocycles. The van der Waals surface area contributed by atoms with E-state index in [9.17, 15) is 18.0 Å². The highest BCUT2D eigenvalue weighted by atomic mass is 32.2. The maximum atomic E-state index is 13.5. The fourth-order valence-electron chi connectivity index (χ4n) is 4.16. The molecule has 8 nitrogen and oxygen atoms in total. The first-order valence-electron chi connectivity index (χ1n) is 12.2. The number of amides is 2. The molecule has 0 radical (unpaired) electrons. The molecule has 37 heavy (non-hydrogen) atoms. The number of ether oxygens (including phenoxy) is 1. The monoisotopic (exact) mass is 521 g/mol. The Hall–Kier alpha value is -3.69. The number of hydrogen-bond donors (Lipinski definition) is 1. The quantitative estimate of drug-likeness (QED) is 0.467. The number of nitrogens with zero attached hydrogens (tertiary/aromatic N) is 2. The van der Waals surface area contributed by atoms with Gasteiger partial charge in [-0.1, -0.05) is 67.1 Å². The van der Waals surface area contributed by atoms with E-state index in [-0.39, 0.29) is 30.4 Å². The summed E-state index contributed by atoms with van der Waals surface area (Å²) in [7, 11) is -3.87. The zero-order valence-corrected chi connectivity index (χ0v) is 21.8. The van der Waals surface area contributed by atoms with Crippen molar-refractivity contribution in [1.29, 1.82) is 0 Å². The highest BCUT2D eigenvalue weighted by molar-refractivity contribution is 7.89. The van der Waals surface area contributed by atoms with Gasteiger partial charge < -0.3 is 15.0 Å². The van der Waals surface area contributed by atoms with Gasteiger partial charge in [-0.25, -0.2) is 8.42 Å². The molecular weight excluding hydrogens is 490 g/mol. The van der Waals surface area contributed by atoms with Crippen molar-refractivity contribution in [1.82, 2.24) is 9.62 Å². The molecule has 0 unspecified atom stereocenters. The molecule has 1 aliphatic heterocycles. The van der Waals surface area contributed by atoms with Crippen LogP contribution in [0.25, 0.3) is 0 Å². The maximum Gasteiger partial charge on any atom is 0.262 e. The van der Waals surface area contributed by atoms with Gasteiger partial charge in [0.15, 0.2) is 6.10 Å². The molecule has 0 fully saturated rings. The van der Waals surface area contributed by atoms with Crippen LogP contribution in [-0.2, 0) is 26.0 Å². The van der Waals surface area contributed by atoms with E-state index in [1.54, 1.807) is 43.3 Å². The molecule has 4 rings (SSSR count). The number of fused-ring (bicyclic) bond motifs is 1. The summed E-state index contributed by atoms with van der Waals surface area (Å²) in [5.74, 6) is -0.368. The minimum Gasteiger partial charge on any atom is -0.477 e. The Morgan fingerprint density at radius 2 is 1.68 bits per heavy atom. The van der Waals surface area contributed by atoms with Crippen LogP contribution in [0.2, 0.25) is 0 Å². The van der Waals surface area contributed by atoms with Gasteiger partial charge in [0, 0.05) is 13.1 Å². The third kappa shape index (κ3) is 6.18. The van der Waals surface area contributed by atoms with Crippen molar-refractivity contribution in [3.63, 3.8) is 0 Å². The molecule has 1 heterocycles. The molecule has 194 valence electrons. The van der Waals surface area contributed by atoms with E-state index in [1.807, 2.05) is 37.3 Å². The smallest absolute Gasteiger partial charge is 0.262 e.